The summed E-state index contributed by atoms with van der Waals surface area (Å²) in [4.78, 5) is 26.0. The highest BCUT2D eigenvalue weighted by Gasteiger charge is 2.22. The first-order valence-corrected chi connectivity index (χ1v) is 11.0. The first-order chi connectivity index (χ1) is 17.8. The van der Waals surface area contributed by atoms with Gasteiger partial charge in [0, 0.05) is 10.9 Å². The summed E-state index contributed by atoms with van der Waals surface area (Å²) in [6.45, 7) is 1.49. The second-order valence-electron chi connectivity index (χ2n) is 8.19. The van der Waals surface area contributed by atoms with E-state index in [1.165, 1.54) is 19.1 Å². The van der Waals surface area contributed by atoms with E-state index in [4.69, 9.17) is 10.2 Å². The molecule has 5 rings (SSSR count). The molecule has 8 nitrogen and oxygen atoms in total. The number of anilines is 1. The number of nitrogen functional groups attached to an aromatic ring is 1. The van der Waals surface area contributed by atoms with Crippen LogP contribution in [0.4, 0.5) is 10.2 Å². The van der Waals surface area contributed by atoms with E-state index in [1.54, 1.807) is 18.2 Å². The largest absolute Gasteiger partial charge is 0.422 e. The second kappa shape index (κ2) is 8.91. The highest BCUT2D eigenvalue weighted by molar-refractivity contribution is 6.08. The third-order valence-electron chi connectivity index (χ3n) is 6.03. The van der Waals surface area contributed by atoms with E-state index < -0.39 is 22.6 Å². The number of hydrogen-bond donors (Lipinski definition) is 1. The van der Waals surface area contributed by atoms with Crippen molar-refractivity contribution in [2.75, 3.05) is 5.73 Å². The van der Waals surface area contributed by atoms with E-state index >= 15 is 0 Å². The third-order valence-corrected chi connectivity index (χ3v) is 6.03. The number of nitrogens with zero attached hydrogens (tertiary/aromatic N) is 4. The zero-order chi connectivity index (χ0) is 26.3. The van der Waals surface area contributed by atoms with Crippen molar-refractivity contribution >= 4 is 33.3 Å². The number of nitriles is 2. The number of rotatable bonds is 3. The maximum atomic E-state index is 13.4. The van der Waals surface area contributed by atoms with E-state index in [-0.39, 0.29) is 33.8 Å². The molecule has 0 aliphatic carbocycles. The number of pyridine rings is 1. The molecule has 0 unspecified atom stereocenters. The van der Waals surface area contributed by atoms with Crippen molar-refractivity contribution in [3.05, 3.63) is 110 Å². The lowest BCUT2D eigenvalue weighted by Gasteiger charge is -2.13. The minimum Gasteiger partial charge on any atom is -0.422 e. The van der Waals surface area contributed by atoms with Crippen LogP contribution in [0, 0.1) is 28.5 Å². The molecule has 0 fully saturated rings. The normalized spacial score (nSPS) is 11.4. The van der Waals surface area contributed by atoms with Crippen LogP contribution >= 0.6 is 0 Å². The predicted octanol–water partition coefficient (Wildman–Crippen LogP) is 4.51. The van der Waals surface area contributed by atoms with E-state index in [0.717, 1.165) is 22.9 Å². The van der Waals surface area contributed by atoms with Crippen molar-refractivity contribution in [2.24, 2.45) is 5.10 Å². The molecule has 9 heteroatoms. The van der Waals surface area contributed by atoms with Crippen LogP contribution in [0.15, 0.2) is 85.8 Å². The summed E-state index contributed by atoms with van der Waals surface area (Å²) in [7, 11) is 0. The Morgan fingerprint density at radius 1 is 0.973 bits per heavy atom. The topological polar surface area (TPSA) is 138 Å². The number of nitrogens with two attached hydrogens (primary N) is 1. The molecule has 0 aliphatic heterocycles. The molecule has 0 atom stereocenters. The molecule has 0 bridgehead atoms. The standard InChI is InChI=1S/C28H16FN5O3/c1-15(20-12-21-19-5-3-2-4-16(19)8-11-24(21)37-28(20)36)33-34-26(32)22(13-30)25(23(14-31)27(34)35)17-6-9-18(29)10-7-17/h2-12H,32H2,1H3/b33-15+. The van der Waals surface area contributed by atoms with Gasteiger partial charge in [-0.2, -0.15) is 20.3 Å². The van der Waals surface area contributed by atoms with E-state index in [0.29, 0.717) is 15.6 Å². The van der Waals surface area contributed by atoms with Gasteiger partial charge in [0.2, 0.25) is 0 Å². The first-order valence-electron chi connectivity index (χ1n) is 11.0. The molecule has 2 heterocycles. The van der Waals surface area contributed by atoms with Crippen LogP contribution in [-0.2, 0) is 0 Å². The predicted molar refractivity (Wildman–Crippen MR) is 138 cm³/mol. The quantitative estimate of drug-likeness (QED) is 0.225. The monoisotopic (exact) mass is 489 g/mol. The lowest BCUT2D eigenvalue weighted by molar-refractivity contribution is 0.559. The fraction of sp³-hybridized carbons (Fsp3) is 0.0357. The van der Waals surface area contributed by atoms with Crippen LogP contribution in [0.25, 0.3) is 32.9 Å². The Kier molecular flexibility index (Phi) is 5.59. The molecule has 0 radical (unpaired) electrons. The van der Waals surface area contributed by atoms with Gasteiger partial charge >= 0.3 is 5.63 Å². The molecule has 0 saturated carbocycles. The molecule has 2 aromatic heterocycles. The summed E-state index contributed by atoms with van der Waals surface area (Å²) >= 11 is 0. The van der Waals surface area contributed by atoms with Crippen molar-refractivity contribution in [1.29, 1.82) is 10.5 Å². The molecular formula is C28H16FN5O3. The van der Waals surface area contributed by atoms with Gasteiger partial charge in [-0.05, 0) is 47.5 Å². The lowest BCUT2D eigenvalue weighted by Crippen LogP contribution is -2.26. The summed E-state index contributed by atoms with van der Waals surface area (Å²) < 4.78 is 19.7. The average Bonchev–Trinajstić information content (AvgIpc) is 2.90. The van der Waals surface area contributed by atoms with Gasteiger partial charge in [0.15, 0.2) is 0 Å². The van der Waals surface area contributed by atoms with E-state index in [2.05, 4.69) is 5.10 Å². The van der Waals surface area contributed by atoms with Gasteiger partial charge in [-0.1, -0.05) is 42.5 Å². The van der Waals surface area contributed by atoms with Crippen molar-refractivity contribution in [3.8, 4) is 23.3 Å². The minimum absolute atomic E-state index is 0.0201. The third kappa shape index (κ3) is 3.81. The minimum atomic E-state index is -0.895. The van der Waals surface area contributed by atoms with Gasteiger partial charge in [-0.15, -0.1) is 0 Å². The number of fused-ring (bicyclic) bond motifs is 3. The number of aromatic nitrogens is 1. The molecule has 0 aliphatic rings. The van der Waals surface area contributed by atoms with Crippen LogP contribution in [-0.4, -0.2) is 10.4 Å². The molecule has 0 saturated heterocycles. The molecule has 2 N–H and O–H groups in total. The zero-order valence-corrected chi connectivity index (χ0v) is 19.3. The van der Waals surface area contributed by atoms with Gasteiger partial charge in [0.05, 0.1) is 11.3 Å². The van der Waals surface area contributed by atoms with Gasteiger partial charge in [-0.3, -0.25) is 4.79 Å². The van der Waals surface area contributed by atoms with Crippen LogP contribution in [0.2, 0.25) is 0 Å². The van der Waals surface area contributed by atoms with E-state index in [1.807, 2.05) is 36.4 Å². The van der Waals surface area contributed by atoms with Crippen LogP contribution in [0.1, 0.15) is 23.6 Å². The Morgan fingerprint density at radius 3 is 2.38 bits per heavy atom. The van der Waals surface area contributed by atoms with Crippen molar-refractivity contribution in [3.63, 3.8) is 0 Å². The Labute approximate surface area is 208 Å². The Bertz CT molecular complexity index is 1970. The molecule has 178 valence electrons. The maximum absolute atomic E-state index is 13.4. The summed E-state index contributed by atoms with van der Waals surface area (Å²) in [5.74, 6) is -0.856. The fourth-order valence-electron chi connectivity index (χ4n) is 4.23. The molecule has 0 spiro atoms. The Hall–Kier alpha value is -5.54. The molecule has 5 aromatic rings. The summed E-state index contributed by atoms with van der Waals surface area (Å²) in [6, 6.07) is 21.4. The fourth-order valence-corrected chi connectivity index (χ4v) is 4.23. The molecule has 3 aromatic carbocycles. The van der Waals surface area contributed by atoms with Crippen molar-refractivity contribution < 1.29 is 8.81 Å². The zero-order valence-electron chi connectivity index (χ0n) is 19.3. The van der Waals surface area contributed by atoms with Gasteiger partial charge in [-0.25, -0.2) is 9.18 Å². The lowest BCUT2D eigenvalue weighted by atomic mass is 9.96. The highest BCUT2D eigenvalue weighted by Crippen LogP contribution is 2.30. The molecular weight excluding hydrogens is 473 g/mol. The average molecular weight is 489 g/mol. The second-order valence-corrected chi connectivity index (χ2v) is 8.19. The van der Waals surface area contributed by atoms with E-state index in [9.17, 15) is 24.5 Å². The van der Waals surface area contributed by atoms with Crippen LogP contribution in [0.5, 0.6) is 0 Å². The van der Waals surface area contributed by atoms with Gasteiger partial charge < -0.3 is 10.2 Å². The van der Waals surface area contributed by atoms with Crippen molar-refractivity contribution in [2.45, 2.75) is 6.92 Å². The Balaban J connectivity index is 1.75. The maximum Gasteiger partial charge on any atom is 0.345 e. The van der Waals surface area contributed by atoms with Gasteiger partial charge in [0.25, 0.3) is 5.56 Å². The van der Waals surface area contributed by atoms with Crippen LogP contribution in [0.3, 0.4) is 0 Å². The summed E-state index contributed by atoms with van der Waals surface area (Å²) in [6.07, 6.45) is 0. The number of hydrogen-bond acceptors (Lipinski definition) is 7. The summed E-state index contributed by atoms with van der Waals surface area (Å²) in [5.41, 5.74) is 4.81. The number of halogens is 1. The SMILES string of the molecule is C/C(=N\n1c(N)c(C#N)c(-c2ccc(F)cc2)c(C#N)c1=O)c1cc2c(ccc3ccccc32)oc1=O. The van der Waals surface area contributed by atoms with Crippen LogP contribution < -0.4 is 16.9 Å². The highest BCUT2D eigenvalue weighted by atomic mass is 19.1. The first kappa shape index (κ1) is 23.2. The Morgan fingerprint density at radius 2 is 1.68 bits per heavy atom. The van der Waals surface area contributed by atoms with Crippen molar-refractivity contribution in [1.82, 2.24) is 4.68 Å². The summed E-state index contributed by atoms with van der Waals surface area (Å²) in [5, 5.41) is 26.3. The molecule has 0 amide bonds. The molecule has 37 heavy (non-hydrogen) atoms. The van der Waals surface area contributed by atoms with Gasteiger partial charge in [0.1, 0.15) is 40.5 Å². The smallest absolute Gasteiger partial charge is 0.345 e. The number of benzene rings is 3.